The standard InChI is InChI=1S/C13H24F2O2S/c1-3-8-11(13(16)17-4-2)18-10-7-5-6-9-12(14)15/h11-12H,3-10H2,1-2H3. The van der Waals surface area contributed by atoms with Crippen LogP contribution in [-0.4, -0.2) is 30.0 Å². The molecule has 2 nitrogen and oxygen atoms in total. The minimum absolute atomic E-state index is 0.0130. The molecule has 0 radical (unpaired) electrons. The molecule has 5 heteroatoms. The maximum Gasteiger partial charge on any atom is 0.319 e. The van der Waals surface area contributed by atoms with E-state index in [9.17, 15) is 13.6 Å². The van der Waals surface area contributed by atoms with Crippen LogP contribution in [0.15, 0.2) is 0 Å². The van der Waals surface area contributed by atoms with Gasteiger partial charge in [-0.2, -0.15) is 0 Å². The third-order valence-corrected chi connectivity index (χ3v) is 3.84. The fourth-order valence-corrected chi connectivity index (χ4v) is 2.83. The fraction of sp³-hybridized carbons (Fsp3) is 0.923. The summed E-state index contributed by atoms with van der Waals surface area (Å²) in [7, 11) is 0. The van der Waals surface area contributed by atoms with Crippen LogP contribution in [0.3, 0.4) is 0 Å². The second-order valence-electron chi connectivity index (χ2n) is 4.14. The summed E-state index contributed by atoms with van der Waals surface area (Å²) in [5.41, 5.74) is 0. The van der Waals surface area contributed by atoms with Gasteiger partial charge < -0.3 is 4.74 Å². The van der Waals surface area contributed by atoms with E-state index in [1.807, 2.05) is 6.92 Å². The van der Waals surface area contributed by atoms with Crippen molar-refractivity contribution >= 4 is 17.7 Å². The summed E-state index contributed by atoms with van der Waals surface area (Å²) in [5, 5.41) is -0.0925. The number of carbonyl (C=O) groups is 1. The van der Waals surface area contributed by atoms with E-state index in [1.165, 1.54) is 0 Å². The summed E-state index contributed by atoms with van der Waals surface area (Å²) < 4.78 is 28.8. The van der Waals surface area contributed by atoms with Gasteiger partial charge in [-0.1, -0.05) is 19.8 Å². The number of hydrogen-bond acceptors (Lipinski definition) is 3. The van der Waals surface area contributed by atoms with Gasteiger partial charge in [0.15, 0.2) is 0 Å². The minimum atomic E-state index is -2.19. The lowest BCUT2D eigenvalue weighted by molar-refractivity contribution is -0.142. The third-order valence-electron chi connectivity index (χ3n) is 2.49. The van der Waals surface area contributed by atoms with Crippen LogP contribution in [0.1, 0.15) is 52.4 Å². The SMILES string of the molecule is CCCC(SCCCCCC(F)F)C(=O)OCC. The largest absolute Gasteiger partial charge is 0.465 e. The van der Waals surface area contributed by atoms with E-state index < -0.39 is 6.43 Å². The second-order valence-corrected chi connectivity index (χ2v) is 5.45. The Balaban J connectivity index is 3.66. The van der Waals surface area contributed by atoms with Gasteiger partial charge in [0.25, 0.3) is 0 Å². The molecule has 0 saturated heterocycles. The Labute approximate surface area is 113 Å². The van der Waals surface area contributed by atoms with Gasteiger partial charge in [0.05, 0.1) is 6.61 Å². The van der Waals surface area contributed by atoms with E-state index >= 15 is 0 Å². The molecule has 18 heavy (non-hydrogen) atoms. The Morgan fingerprint density at radius 2 is 1.89 bits per heavy atom. The Morgan fingerprint density at radius 3 is 2.44 bits per heavy atom. The number of rotatable bonds is 11. The molecule has 0 aliphatic carbocycles. The van der Waals surface area contributed by atoms with Gasteiger partial charge in [-0.3, -0.25) is 4.79 Å². The molecule has 0 saturated carbocycles. The van der Waals surface area contributed by atoms with E-state index in [0.29, 0.717) is 13.0 Å². The molecule has 1 atom stereocenters. The van der Waals surface area contributed by atoms with Crippen molar-refractivity contribution in [3.05, 3.63) is 0 Å². The summed E-state index contributed by atoms with van der Waals surface area (Å²) in [6.07, 6.45) is 1.82. The third kappa shape index (κ3) is 9.68. The number of thioether (sulfide) groups is 1. The number of halogens is 2. The molecule has 0 heterocycles. The van der Waals surface area contributed by atoms with Gasteiger partial charge in [0.1, 0.15) is 5.25 Å². The van der Waals surface area contributed by atoms with Gasteiger partial charge in [-0.05, 0) is 31.9 Å². The lowest BCUT2D eigenvalue weighted by atomic mass is 10.2. The topological polar surface area (TPSA) is 26.3 Å². The van der Waals surface area contributed by atoms with Crippen LogP contribution in [0.2, 0.25) is 0 Å². The molecule has 0 spiro atoms. The Bertz CT molecular complexity index is 213. The van der Waals surface area contributed by atoms with E-state index in [-0.39, 0.29) is 17.6 Å². The Morgan fingerprint density at radius 1 is 1.17 bits per heavy atom. The van der Waals surface area contributed by atoms with Crippen molar-refractivity contribution in [1.29, 1.82) is 0 Å². The zero-order valence-corrected chi connectivity index (χ0v) is 12.1. The number of esters is 1. The van der Waals surface area contributed by atoms with Gasteiger partial charge in [-0.25, -0.2) is 8.78 Å². The molecular formula is C13H24F2O2S. The van der Waals surface area contributed by atoms with Gasteiger partial charge in [0.2, 0.25) is 6.43 Å². The van der Waals surface area contributed by atoms with Gasteiger partial charge in [-0.15, -0.1) is 11.8 Å². The molecule has 0 aromatic heterocycles. The van der Waals surface area contributed by atoms with Crippen molar-refractivity contribution in [1.82, 2.24) is 0 Å². The Hall–Kier alpha value is -0.320. The molecule has 0 aliphatic heterocycles. The summed E-state index contributed by atoms with van der Waals surface area (Å²) in [6.45, 7) is 4.25. The molecule has 0 rings (SSSR count). The van der Waals surface area contributed by atoms with E-state index in [0.717, 1.165) is 31.4 Å². The van der Waals surface area contributed by atoms with Crippen LogP contribution in [0, 0.1) is 0 Å². The summed E-state index contributed by atoms with van der Waals surface area (Å²) in [5.74, 6) is 0.698. The average Bonchev–Trinajstić information content (AvgIpc) is 2.32. The Kier molecular flexibility index (Phi) is 11.5. The van der Waals surface area contributed by atoms with E-state index in [2.05, 4.69) is 0 Å². The quantitative estimate of drug-likeness (QED) is 0.418. The highest BCUT2D eigenvalue weighted by atomic mass is 32.2. The summed E-state index contributed by atoms with van der Waals surface area (Å²) in [4.78, 5) is 11.6. The highest BCUT2D eigenvalue weighted by Crippen LogP contribution is 2.20. The van der Waals surface area contributed by atoms with Crippen LogP contribution in [0.5, 0.6) is 0 Å². The predicted molar refractivity (Wildman–Crippen MR) is 72.3 cm³/mol. The van der Waals surface area contributed by atoms with Crippen LogP contribution in [0.4, 0.5) is 8.78 Å². The molecule has 0 aromatic carbocycles. The number of carbonyl (C=O) groups excluding carboxylic acids is 1. The first-order valence-electron chi connectivity index (χ1n) is 6.68. The molecular weight excluding hydrogens is 258 g/mol. The van der Waals surface area contributed by atoms with Crippen molar-refractivity contribution in [2.24, 2.45) is 0 Å². The molecule has 108 valence electrons. The van der Waals surface area contributed by atoms with Crippen LogP contribution in [0.25, 0.3) is 0 Å². The zero-order valence-electron chi connectivity index (χ0n) is 11.3. The second kappa shape index (κ2) is 11.8. The van der Waals surface area contributed by atoms with Crippen LogP contribution in [-0.2, 0) is 9.53 Å². The molecule has 1 unspecified atom stereocenters. The molecule has 0 bridgehead atoms. The summed E-state index contributed by atoms with van der Waals surface area (Å²) >= 11 is 1.59. The monoisotopic (exact) mass is 282 g/mol. The zero-order chi connectivity index (χ0) is 13.8. The van der Waals surface area contributed by atoms with Crippen molar-refractivity contribution in [3.8, 4) is 0 Å². The van der Waals surface area contributed by atoms with Crippen molar-refractivity contribution in [2.45, 2.75) is 64.0 Å². The molecule has 0 aliphatic rings. The van der Waals surface area contributed by atoms with E-state index in [4.69, 9.17) is 4.74 Å². The maximum absolute atomic E-state index is 11.9. The number of ether oxygens (including phenoxy) is 1. The maximum atomic E-state index is 11.9. The first kappa shape index (κ1) is 17.7. The van der Waals surface area contributed by atoms with Crippen LogP contribution < -0.4 is 0 Å². The van der Waals surface area contributed by atoms with Crippen molar-refractivity contribution < 1.29 is 18.3 Å². The molecule has 0 aromatic rings. The molecule has 0 fully saturated rings. The lowest BCUT2D eigenvalue weighted by Crippen LogP contribution is -2.20. The molecule has 0 N–H and O–H groups in total. The minimum Gasteiger partial charge on any atom is -0.465 e. The normalized spacial score (nSPS) is 12.7. The van der Waals surface area contributed by atoms with Crippen molar-refractivity contribution in [2.75, 3.05) is 12.4 Å². The summed E-state index contributed by atoms with van der Waals surface area (Å²) in [6, 6.07) is 0. The lowest BCUT2D eigenvalue weighted by Gasteiger charge is -2.14. The van der Waals surface area contributed by atoms with Gasteiger partial charge in [0, 0.05) is 6.42 Å². The highest BCUT2D eigenvalue weighted by molar-refractivity contribution is 8.00. The first-order valence-corrected chi connectivity index (χ1v) is 7.73. The smallest absolute Gasteiger partial charge is 0.319 e. The fourth-order valence-electron chi connectivity index (χ4n) is 1.57. The van der Waals surface area contributed by atoms with Gasteiger partial charge >= 0.3 is 5.97 Å². The van der Waals surface area contributed by atoms with E-state index in [1.54, 1.807) is 18.7 Å². The predicted octanol–water partition coefficient (Wildman–Crippen LogP) is 4.28. The number of hydrogen-bond donors (Lipinski definition) is 0. The number of unbranched alkanes of at least 4 members (excludes halogenated alkanes) is 2. The average molecular weight is 282 g/mol. The van der Waals surface area contributed by atoms with Crippen molar-refractivity contribution in [3.63, 3.8) is 0 Å². The van der Waals surface area contributed by atoms with Crippen LogP contribution >= 0.6 is 11.8 Å². The first-order chi connectivity index (χ1) is 8.61. The number of alkyl halides is 2. The highest BCUT2D eigenvalue weighted by Gasteiger charge is 2.18. The molecule has 0 amide bonds.